The van der Waals surface area contributed by atoms with Gasteiger partial charge in [0.25, 0.3) is 0 Å². The number of rotatable bonds is 3. The summed E-state index contributed by atoms with van der Waals surface area (Å²) >= 11 is 0. The zero-order valence-electron chi connectivity index (χ0n) is 8.00. The van der Waals surface area contributed by atoms with E-state index in [0.717, 1.165) is 12.4 Å². The molecule has 1 heteroatoms. The van der Waals surface area contributed by atoms with E-state index in [-0.39, 0.29) is 0 Å². The molecule has 0 aliphatic rings. The average molecular weight is 164 g/mol. The van der Waals surface area contributed by atoms with Gasteiger partial charge in [0.15, 0.2) is 0 Å². The first kappa shape index (κ1) is 9.11. The van der Waals surface area contributed by atoms with Crippen molar-refractivity contribution in [1.29, 1.82) is 0 Å². The molecule has 1 nitrogen and oxygen atoms in total. The van der Waals surface area contributed by atoms with Gasteiger partial charge in [-0.05, 0) is 25.0 Å². The molecule has 1 aromatic rings. The van der Waals surface area contributed by atoms with E-state index in [9.17, 15) is 0 Å². The maximum atomic E-state index is 5.52. The predicted molar refractivity (Wildman–Crippen MR) is 51.5 cm³/mol. The molecule has 0 fully saturated rings. The second-order valence-electron chi connectivity index (χ2n) is 3.52. The zero-order valence-corrected chi connectivity index (χ0v) is 8.00. The van der Waals surface area contributed by atoms with Crippen LogP contribution in [0.1, 0.15) is 19.4 Å². The summed E-state index contributed by atoms with van der Waals surface area (Å²) in [5, 5.41) is 0. The quantitative estimate of drug-likeness (QED) is 0.667. The summed E-state index contributed by atoms with van der Waals surface area (Å²) in [6, 6.07) is 8.15. The molecule has 0 unspecified atom stereocenters. The minimum atomic E-state index is 0.589. The molecular weight excluding hydrogens is 148 g/mol. The van der Waals surface area contributed by atoms with Gasteiger partial charge in [-0.1, -0.05) is 31.5 Å². The maximum Gasteiger partial charge on any atom is 0.119 e. The maximum absolute atomic E-state index is 5.52. The molecular formula is C11H16O. The third kappa shape index (κ3) is 2.95. The Morgan fingerprint density at radius 1 is 1.17 bits per heavy atom. The molecule has 66 valence electrons. The molecule has 0 aromatic heterocycles. The van der Waals surface area contributed by atoms with E-state index in [1.54, 1.807) is 0 Å². The van der Waals surface area contributed by atoms with Gasteiger partial charge in [0, 0.05) is 0 Å². The number of benzene rings is 1. The molecule has 0 atom stereocenters. The van der Waals surface area contributed by atoms with Crippen molar-refractivity contribution >= 4 is 0 Å². The van der Waals surface area contributed by atoms with Gasteiger partial charge in [-0.2, -0.15) is 0 Å². The van der Waals surface area contributed by atoms with Crippen molar-refractivity contribution in [2.45, 2.75) is 20.8 Å². The third-order valence-electron chi connectivity index (χ3n) is 1.60. The summed E-state index contributed by atoms with van der Waals surface area (Å²) in [6.07, 6.45) is 0. The van der Waals surface area contributed by atoms with Crippen molar-refractivity contribution < 1.29 is 4.74 Å². The molecule has 0 N–H and O–H groups in total. The molecule has 0 radical (unpaired) electrons. The van der Waals surface area contributed by atoms with E-state index in [1.807, 2.05) is 12.1 Å². The van der Waals surface area contributed by atoms with Gasteiger partial charge in [0.05, 0.1) is 6.61 Å². The molecule has 0 heterocycles. The SMILES string of the molecule is Cc1ccc(OCC(C)C)cc1. The molecule has 0 aliphatic heterocycles. The van der Waals surface area contributed by atoms with Crippen LogP contribution in [0.4, 0.5) is 0 Å². The van der Waals surface area contributed by atoms with Crippen molar-refractivity contribution in [1.82, 2.24) is 0 Å². The van der Waals surface area contributed by atoms with Crippen LogP contribution in [0.15, 0.2) is 24.3 Å². The molecule has 12 heavy (non-hydrogen) atoms. The molecule has 1 aromatic carbocycles. The van der Waals surface area contributed by atoms with E-state index in [2.05, 4.69) is 32.9 Å². The molecule has 0 amide bonds. The molecule has 0 aliphatic carbocycles. The first-order chi connectivity index (χ1) is 5.68. The van der Waals surface area contributed by atoms with Gasteiger partial charge >= 0.3 is 0 Å². The van der Waals surface area contributed by atoms with Crippen LogP contribution in [-0.2, 0) is 0 Å². The van der Waals surface area contributed by atoms with Crippen LogP contribution >= 0.6 is 0 Å². The Bertz CT molecular complexity index is 223. The normalized spacial score (nSPS) is 10.3. The molecule has 1 rings (SSSR count). The number of hydrogen-bond acceptors (Lipinski definition) is 1. The van der Waals surface area contributed by atoms with Crippen LogP contribution in [0.5, 0.6) is 5.75 Å². The third-order valence-corrected chi connectivity index (χ3v) is 1.60. The fourth-order valence-corrected chi connectivity index (χ4v) is 0.897. The number of ether oxygens (including phenoxy) is 1. The predicted octanol–water partition coefficient (Wildman–Crippen LogP) is 3.03. The molecule has 0 spiro atoms. The van der Waals surface area contributed by atoms with Crippen LogP contribution in [0.3, 0.4) is 0 Å². The Morgan fingerprint density at radius 3 is 2.25 bits per heavy atom. The van der Waals surface area contributed by atoms with E-state index >= 15 is 0 Å². The van der Waals surface area contributed by atoms with Crippen molar-refractivity contribution in [2.75, 3.05) is 6.61 Å². The lowest BCUT2D eigenvalue weighted by Gasteiger charge is -2.08. The van der Waals surface area contributed by atoms with Crippen molar-refractivity contribution in [2.24, 2.45) is 5.92 Å². The Morgan fingerprint density at radius 2 is 1.75 bits per heavy atom. The first-order valence-corrected chi connectivity index (χ1v) is 4.38. The fourth-order valence-electron chi connectivity index (χ4n) is 0.897. The van der Waals surface area contributed by atoms with E-state index in [1.165, 1.54) is 5.56 Å². The van der Waals surface area contributed by atoms with Gasteiger partial charge in [-0.15, -0.1) is 0 Å². The van der Waals surface area contributed by atoms with Gasteiger partial charge in [-0.25, -0.2) is 0 Å². The van der Waals surface area contributed by atoms with Crippen LogP contribution in [0, 0.1) is 12.8 Å². The summed E-state index contributed by atoms with van der Waals surface area (Å²) in [5.74, 6) is 1.56. The van der Waals surface area contributed by atoms with Gasteiger partial charge in [0.1, 0.15) is 5.75 Å². The van der Waals surface area contributed by atoms with E-state index < -0.39 is 0 Å². The van der Waals surface area contributed by atoms with E-state index in [4.69, 9.17) is 4.74 Å². The van der Waals surface area contributed by atoms with Crippen molar-refractivity contribution in [3.05, 3.63) is 29.8 Å². The first-order valence-electron chi connectivity index (χ1n) is 4.38. The Kier molecular flexibility index (Phi) is 3.15. The highest BCUT2D eigenvalue weighted by atomic mass is 16.5. The summed E-state index contributed by atoms with van der Waals surface area (Å²) in [5.41, 5.74) is 1.27. The lowest BCUT2D eigenvalue weighted by molar-refractivity contribution is 0.271. The molecule has 0 bridgehead atoms. The minimum absolute atomic E-state index is 0.589. The van der Waals surface area contributed by atoms with Crippen molar-refractivity contribution in [3.8, 4) is 5.75 Å². The number of hydrogen-bond donors (Lipinski definition) is 0. The summed E-state index contributed by atoms with van der Waals surface area (Å²) in [7, 11) is 0. The van der Waals surface area contributed by atoms with Crippen LogP contribution in [0.25, 0.3) is 0 Å². The highest BCUT2D eigenvalue weighted by molar-refractivity contribution is 5.26. The lowest BCUT2D eigenvalue weighted by Crippen LogP contribution is -2.04. The Hall–Kier alpha value is -0.980. The van der Waals surface area contributed by atoms with Gasteiger partial charge < -0.3 is 4.74 Å². The topological polar surface area (TPSA) is 9.23 Å². The van der Waals surface area contributed by atoms with Crippen LogP contribution in [-0.4, -0.2) is 6.61 Å². The van der Waals surface area contributed by atoms with Gasteiger partial charge in [-0.3, -0.25) is 0 Å². The zero-order chi connectivity index (χ0) is 8.97. The van der Waals surface area contributed by atoms with Crippen LogP contribution < -0.4 is 4.74 Å². The second-order valence-corrected chi connectivity index (χ2v) is 3.52. The summed E-state index contributed by atoms with van der Waals surface area (Å²) < 4.78 is 5.52. The lowest BCUT2D eigenvalue weighted by atomic mass is 10.2. The number of aryl methyl sites for hydroxylation is 1. The second kappa shape index (κ2) is 4.15. The Balaban J connectivity index is 2.48. The Labute approximate surface area is 74.4 Å². The van der Waals surface area contributed by atoms with E-state index in [0.29, 0.717) is 5.92 Å². The van der Waals surface area contributed by atoms with Crippen LogP contribution in [0.2, 0.25) is 0 Å². The summed E-state index contributed by atoms with van der Waals surface area (Å²) in [4.78, 5) is 0. The highest BCUT2D eigenvalue weighted by Crippen LogP contribution is 2.12. The highest BCUT2D eigenvalue weighted by Gasteiger charge is 1.95. The summed E-state index contributed by atoms with van der Waals surface area (Å²) in [6.45, 7) is 7.16. The minimum Gasteiger partial charge on any atom is -0.493 e. The molecule has 0 saturated heterocycles. The average Bonchev–Trinajstić information content (AvgIpc) is 2.03. The monoisotopic (exact) mass is 164 g/mol. The van der Waals surface area contributed by atoms with Gasteiger partial charge in [0.2, 0.25) is 0 Å². The largest absolute Gasteiger partial charge is 0.493 e. The smallest absolute Gasteiger partial charge is 0.119 e. The standard InChI is InChI=1S/C11H16O/c1-9(2)8-12-11-6-4-10(3)5-7-11/h4-7,9H,8H2,1-3H3. The molecule has 0 saturated carbocycles. The fraction of sp³-hybridized carbons (Fsp3) is 0.455. The van der Waals surface area contributed by atoms with Crippen molar-refractivity contribution in [3.63, 3.8) is 0 Å².